The molecule has 1 fully saturated rings. The minimum absolute atomic E-state index is 0.787. The Hall–Kier alpha value is -3.36. The summed E-state index contributed by atoms with van der Waals surface area (Å²) in [4.78, 5) is 21.9. The summed E-state index contributed by atoms with van der Waals surface area (Å²) in [6.07, 6.45) is 10.5. The highest BCUT2D eigenvalue weighted by atomic mass is 15.3. The molecular weight excluding hydrogens is 318 g/mol. The quantitative estimate of drug-likeness (QED) is 0.532. The van der Waals surface area contributed by atoms with E-state index in [4.69, 9.17) is 0 Å². The van der Waals surface area contributed by atoms with Crippen LogP contribution in [-0.4, -0.2) is 60.7 Å². The van der Waals surface area contributed by atoms with Gasteiger partial charge in [0, 0.05) is 50.2 Å². The largest absolute Gasteiger partial charge is 0.352 e. The zero-order valence-corrected chi connectivity index (χ0v) is 13.4. The zero-order valence-electron chi connectivity index (χ0n) is 13.4. The van der Waals surface area contributed by atoms with Gasteiger partial charge >= 0.3 is 0 Å². The highest BCUT2D eigenvalue weighted by Gasteiger charge is 2.22. The molecule has 9 heteroatoms. The number of fused-ring (bicyclic) bond motifs is 2. The molecule has 0 N–H and O–H groups in total. The molecule has 1 aliphatic rings. The number of hydrogen-bond donors (Lipinski definition) is 0. The first-order chi connectivity index (χ1) is 12.4. The molecule has 0 aliphatic carbocycles. The molecule has 1 aliphatic heterocycles. The van der Waals surface area contributed by atoms with Crippen molar-refractivity contribution in [1.82, 2.24) is 34.5 Å². The van der Waals surface area contributed by atoms with E-state index in [9.17, 15) is 0 Å². The van der Waals surface area contributed by atoms with Gasteiger partial charge in [0.25, 0.3) is 0 Å². The minimum Gasteiger partial charge on any atom is -0.352 e. The predicted octanol–water partition coefficient (Wildman–Crippen LogP) is 0.789. The first-order valence-electron chi connectivity index (χ1n) is 8.09. The van der Waals surface area contributed by atoms with E-state index < -0.39 is 0 Å². The van der Waals surface area contributed by atoms with Crippen LogP contribution in [0.1, 0.15) is 0 Å². The van der Waals surface area contributed by atoms with Crippen molar-refractivity contribution >= 4 is 28.2 Å². The fraction of sp³-hybridized carbons (Fsp3) is 0.250. The number of nitrogens with zero attached hydrogens (tertiary/aromatic N) is 9. The average Bonchev–Trinajstić information content (AvgIpc) is 3.17. The predicted molar refractivity (Wildman–Crippen MR) is 92.5 cm³/mol. The smallest absolute Gasteiger partial charge is 0.203 e. The summed E-state index contributed by atoms with van der Waals surface area (Å²) < 4.78 is 1.89. The number of rotatable bonds is 2. The van der Waals surface area contributed by atoms with Gasteiger partial charge in [-0.05, 0) is 6.07 Å². The van der Waals surface area contributed by atoms with Gasteiger partial charge in [0.15, 0.2) is 5.82 Å². The second kappa shape index (κ2) is 5.62. The number of aromatic nitrogens is 7. The number of hydrogen-bond acceptors (Lipinski definition) is 8. The monoisotopic (exact) mass is 333 g/mol. The molecule has 4 aromatic heterocycles. The Morgan fingerprint density at radius 2 is 1.72 bits per heavy atom. The van der Waals surface area contributed by atoms with E-state index in [-0.39, 0.29) is 0 Å². The molecule has 0 spiro atoms. The SMILES string of the molecule is c1cc2c(N3CCN(c4nccn5cnnc45)CC3)ncnc2cn1. The molecule has 9 nitrogen and oxygen atoms in total. The molecule has 1 saturated heterocycles. The average molecular weight is 333 g/mol. The fourth-order valence-corrected chi connectivity index (χ4v) is 3.24. The third-order valence-corrected chi connectivity index (χ3v) is 4.49. The Balaban J connectivity index is 1.42. The molecule has 5 heterocycles. The van der Waals surface area contributed by atoms with Gasteiger partial charge in [-0.2, -0.15) is 0 Å². The Bertz CT molecular complexity index is 1030. The molecule has 4 aromatic rings. The number of pyridine rings is 1. The van der Waals surface area contributed by atoms with E-state index in [1.165, 1.54) is 0 Å². The van der Waals surface area contributed by atoms with Crippen LogP contribution in [0.25, 0.3) is 16.6 Å². The Kier molecular flexibility index (Phi) is 3.15. The van der Waals surface area contributed by atoms with Crippen molar-refractivity contribution in [1.29, 1.82) is 0 Å². The van der Waals surface area contributed by atoms with Crippen molar-refractivity contribution in [3.8, 4) is 0 Å². The van der Waals surface area contributed by atoms with Crippen LogP contribution in [0.2, 0.25) is 0 Å². The van der Waals surface area contributed by atoms with Crippen molar-refractivity contribution < 1.29 is 0 Å². The highest BCUT2D eigenvalue weighted by Crippen LogP contribution is 2.24. The normalized spacial score (nSPS) is 15.2. The summed E-state index contributed by atoms with van der Waals surface area (Å²) in [5, 5.41) is 9.18. The standard InChI is InChI=1S/C16H15N9/c1-2-17-9-13-12(1)14(20-10-19-13)23-5-7-24(8-6-23)15-16-22-21-11-25(16)4-3-18-15/h1-4,9-11H,5-8H2. The molecule has 0 atom stereocenters. The van der Waals surface area contributed by atoms with Gasteiger partial charge in [0.1, 0.15) is 18.5 Å². The van der Waals surface area contributed by atoms with Crippen molar-refractivity contribution in [3.63, 3.8) is 0 Å². The second-order valence-corrected chi connectivity index (χ2v) is 5.88. The van der Waals surface area contributed by atoms with Crippen LogP contribution in [0, 0.1) is 0 Å². The van der Waals surface area contributed by atoms with Gasteiger partial charge in [0.2, 0.25) is 5.65 Å². The van der Waals surface area contributed by atoms with E-state index in [1.807, 2.05) is 16.7 Å². The highest BCUT2D eigenvalue weighted by molar-refractivity contribution is 5.88. The molecule has 0 radical (unpaired) electrons. The third kappa shape index (κ3) is 2.32. The lowest BCUT2D eigenvalue weighted by Crippen LogP contribution is -2.47. The van der Waals surface area contributed by atoms with Gasteiger partial charge in [-0.25, -0.2) is 15.0 Å². The maximum atomic E-state index is 4.50. The van der Waals surface area contributed by atoms with E-state index in [0.29, 0.717) is 0 Å². The van der Waals surface area contributed by atoms with Crippen LogP contribution in [0.3, 0.4) is 0 Å². The van der Waals surface area contributed by atoms with Gasteiger partial charge in [0.05, 0.1) is 11.7 Å². The molecular formula is C16H15N9. The molecule has 5 rings (SSSR count). The summed E-state index contributed by atoms with van der Waals surface area (Å²) >= 11 is 0. The van der Waals surface area contributed by atoms with Crippen LogP contribution in [0.5, 0.6) is 0 Å². The first-order valence-corrected chi connectivity index (χ1v) is 8.09. The van der Waals surface area contributed by atoms with Gasteiger partial charge in [-0.1, -0.05) is 0 Å². The summed E-state index contributed by atoms with van der Waals surface area (Å²) in [6.45, 7) is 3.39. The zero-order chi connectivity index (χ0) is 16.6. The summed E-state index contributed by atoms with van der Waals surface area (Å²) in [5.41, 5.74) is 1.65. The van der Waals surface area contributed by atoms with E-state index in [2.05, 4.69) is 39.9 Å². The fourth-order valence-electron chi connectivity index (χ4n) is 3.24. The van der Waals surface area contributed by atoms with Crippen molar-refractivity contribution in [2.75, 3.05) is 36.0 Å². The molecule has 25 heavy (non-hydrogen) atoms. The number of anilines is 2. The lowest BCUT2D eigenvalue weighted by Gasteiger charge is -2.36. The first kappa shape index (κ1) is 14.0. The number of piperazine rings is 1. The van der Waals surface area contributed by atoms with Crippen molar-refractivity contribution in [3.05, 3.63) is 43.5 Å². The molecule has 0 aromatic carbocycles. The van der Waals surface area contributed by atoms with Crippen LogP contribution < -0.4 is 9.80 Å². The summed E-state index contributed by atoms with van der Waals surface area (Å²) in [6, 6.07) is 1.97. The molecule has 0 saturated carbocycles. The summed E-state index contributed by atoms with van der Waals surface area (Å²) in [5.74, 6) is 1.83. The topological polar surface area (TPSA) is 88.2 Å². The maximum Gasteiger partial charge on any atom is 0.203 e. The Morgan fingerprint density at radius 3 is 2.60 bits per heavy atom. The Labute approximate surface area is 143 Å². The summed E-state index contributed by atoms with van der Waals surface area (Å²) in [7, 11) is 0. The lowest BCUT2D eigenvalue weighted by molar-refractivity contribution is 0.643. The van der Waals surface area contributed by atoms with E-state index in [0.717, 1.165) is 54.4 Å². The lowest BCUT2D eigenvalue weighted by atomic mass is 10.2. The van der Waals surface area contributed by atoms with Crippen LogP contribution >= 0.6 is 0 Å². The van der Waals surface area contributed by atoms with E-state index >= 15 is 0 Å². The van der Waals surface area contributed by atoms with Gasteiger partial charge in [-0.3, -0.25) is 9.38 Å². The molecule has 0 amide bonds. The van der Waals surface area contributed by atoms with Crippen LogP contribution in [-0.2, 0) is 0 Å². The van der Waals surface area contributed by atoms with Crippen molar-refractivity contribution in [2.24, 2.45) is 0 Å². The van der Waals surface area contributed by atoms with Gasteiger partial charge in [-0.15, -0.1) is 10.2 Å². The maximum absolute atomic E-state index is 4.50. The molecule has 0 unspecified atom stereocenters. The van der Waals surface area contributed by atoms with Crippen LogP contribution in [0.4, 0.5) is 11.6 Å². The molecule has 124 valence electrons. The van der Waals surface area contributed by atoms with E-state index in [1.54, 1.807) is 31.2 Å². The second-order valence-electron chi connectivity index (χ2n) is 5.88. The third-order valence-electron chi connectivity index (χ3n) is 4.49. The minimum atomic E-state index is 0.787. The Morgan fingerprint density at radius 1 is 0.880 bits per heavy atom. The van der Waals surface area contributed by atoms with Gasteiger partial charge < -0.3 is 9.80 Å². The van der Waals surface area contributed by atoms with Crippen molar-refractivity contribution in [2.45, 2.75) is 0 Å². The molecule has 0 bridgehead atoms. The van der Waals surface area contributed by atoms with Crippen LogP contribution in [0.15, 0.2) is 43.5 Å².